The number of rotatable bonds is 3. The zero-order valence-electron chi connectivity index (χ0n) is 14.2. The molecule has 2 aliphatic rings. The number of fused-ring (bicyclic) bond motifs is 1. The molecule has 1 aromatic carbocycles. The van der Waals surface area contributed by atoms with Crippen LogP contribution in [0.25, 0.3) is 0 Å². The third-order valence-corrected chi connectivity index (χ3v) is 4.97. The lowest BCUT2D eigenvalue weighted by Crippen LogP contribution is -2.25. The average Bonchev–Trinajstić information content (AvgIpc) is 3.06. The maximum atomic E-state index is 13.8. The van der Waals surface area contributed by atoms with E-state index in [2.05, 4.69) is 10.4 Å². The number of carbonyl (C=O) groups is 1. The normalized spacial score (nSPS) is 21.0. The van der Waals surface area contributed by atoms with E-state index in [1.165, 1.54) is 12.1 Å². The van der Waals surface area contributed by atoms with E-state index in [1.54, 1.807) is 6.07 Å². The zero-order valence-corrected chi connectivity index (χ0v) is 14.2. The van der Waals surface area contributed by atoms with Gasteiger partial charge in [0, 0.05) is 37.8 Å². The molecule has 7 heteroatoms. The van der Waals surface area contributed by atoms with Gasteiger partial charge in [-0.05, 0) is 43.5 Å². The number of hydrogen-bond acceptors (Lipinski definition) is 4. The lowest BCUT2D eigenvalue weighted by molar-refractivity contribution is -0.116. The molecule has 1 fully saturated rings. The Bertz CT molecular complexity index is 798. The van der Waals surface area contributed by atoms with Crippen LogP contribution in [-0.2, 0) is 16.1 Å². The van der Waals surface area contributed by atoms with E-state index in [0.717, 1.165) is 43.3 Å². The highest BCUT2D eigenvalue weighted by Crippen LogP contribution is 2.37. The highest BCUT2D eigenvalue weighted by Gasteiger charge is 2.32. The van der Waals surface area contributed by atoms with Crippen LogP contribution in [0.5, 0.6) is 0 Å². The van der Waals surface area contributed by atoms with Crippen LogP contribution in [0, 0.1) is 5.82 Å². The van der Waals surface area contributed by atoms with Gasteiger partial charge in [0.15, 0.2) is 5.82 Å². The van der Waals surface area contributed by atoms with Crippen molar-refractivity contribution in [2.75, 3.05) is 18.5 Å². The van der Waals surface area contributed by atoms with Crippen molar-refractivity contribution in [1.82, 2.24) is 14.8 Å². The van der Waals surface area contributed by atoms with Gasteiger partial charge < -0.3 is 10.1 Å². The molecule has 132 valence electrons. The highest BCUT2D eigenvalue weighted by molar-refractivity contribution is 5.95. The van der Waals surface area contributed by atoms with Crippen molar-refractivity contribution in [3.05, 3.63) is 41.2 Å². The molecule has 1 atom stereocenters. The Balaban J connectivity index is 1.75. The second kappa shape index (κ2) is 6.55. The van der Waals surface area contributed by atoms with Gasteiger partial charge >= 0.3 is 0 Å². The number of halogens is 1. The number of nitrogens with zero attached hydrogens (tertiary/aromatic N) is 3. The molecule has 1 aromatic heterocycles. The fourth-order valence-corrected chi connectivity index (χ4v) is 3.65. The summed E-state index contributed by atoms with van der Waals surface area (Å²) in [5, 5.41) is 7.49. The van der Waals surface area contributed by atoms with Gasteiger partial charge in [-0.25, -0.2) is 14.1 Å². The Hall–Kier alpha value is -2.28. The molecule has 0 aliphatic carbocycles. The summed E-state index contributed by atoms with van der Waals surface area (Å²) >= 11 is 0. The van der Waals surface area contributed by atoms with E-state index in [1.807, 2.05) is 11.6 Å². The zero-order chi connectivity index (χ0) is 17.4. The largest absolute Gasteiger partial charge is 0.381 e. The van der Waals surface area contributed by atoms with Crippen molar-refractivity contribution in [3.8, 4) is 0 Å². The molecule has 1 amide bonds. The number of amides is 1. The molecule has 1 saturated heterocycles. The molecule has 4 rings (SSSR count). The summed E-state index contributed by atoms with van der Waals surface area (Å²) in [5.41, 5.74) is 1.42. The lowest BCUT2D eigenvalue weighted by atomic mass is 9.89. The van der Waals surface area contributed by atoms with E-state index in [-0.39, 0.29) is 30.0 Å². The van der Waals surface area contributed by atoms with Crippen LogP contribution in [0.3, 0.4) is 0 Å². The quantitative estimate of drug-likeness (QED) is 0.930. The Morgan fingerprint density at radius 2 is 2.16 bits per heavy atom. The molecule has 25 heavy (non-hydrogen) atoms. The first-order valence-corrected chi connectivity index (χ1v) is 8.77. The van der Waals surface area contributed by atoms with E-state index in [9.17, 15) is 9.18 Å². The van der Waals surface area contributed by atoms with Gasteiger partial charge in [0.25, 0.3) is 0 Å². The minimum atomic E-state index is -0.313. The smallest absolute Gasteiger partial charge is 0.225 e. The topological polar surface area (TPSA) is 69.0 Å². The van der Waals surface area contributed by atoms with E-state index >= 15 is 0 Å². The Morgan fingerprint density at radius 3 is 2.92 bits per heavy atom. The SMILES string of the molecule is CCn1nc(C2CCOCC2)nc1[C@@H]1CC(=O)Nc2ccc(F)cc21. The summed E-state index contributed by atoms with van der Waals surface area (Å²) in [5.74, 6) is 1.16. The molecule has 3 heterocycles. The van der Waals surface area contributed by atoms with Crippen molar-refractivity contribution in [3.63, 3.8) is 0 Å². The first-order chi connectivity index (χ1) is 12.2. The molecular formula is C18H21FN4O2. The summed E-state index contributed by atoms with van der Waals surface area (Å²) in [6, 6.07) is 4.46. The standard InChI is InChI=1S/C18H21FN4O2/c1-2-23-18(21-17(22-23)11-5-7-25-8-6-11)14-10-16(24)20-15-4-3-12(19)9-13(14)15/h3-4,9,11,14H,2,5-8,10H2,1H3,(H,20,24)/t14-/m1/s1. The Morgan fingerprint density at radius 1 is 1.36 bits per heavy atom. The molecular weight excluding hydrogens is 323 g/mol. The predicted octanol–water partition coefficient (Wildman–Crippen LogP) is 2.81. The summed E-state index contributed by atoms with van der Waals surface area (Å²) in [6.45, 7) is 4.11. The second-order valence-electron chi connectivity index (χ2n) is 6.57. The summed E-state index contributed by atoms with van der Waals surface area (Å²) in [4.78, 5) is 16.9. The van der Waals surface area contributed by atoms with E-state index in [4.69, 9.17) is 9.72 Å². The van der Waals surface area contributed by atoms with Gasteiger partial charge in [0.05, 0.1) is 5.92 Å². The maximum Gasteiger partial charge on any atom is 0.225 e. The Kier molecular flexibility index (Phi) is 4.25. The lowest BCUT2D eigenvalue weighted by Gasteiger charge is -2.25. The number of anilines is 1. The highest BCUT2D eigenvalue weighted by atomic mass is 19.1. The summed E-state index contributed by atoms with van der Waals surface area (Å²) in [6.07, 6.45) is 2.06. The predicted molar refractivity (Wildman–Crippen MR) is 90.0 cm³/mol. The fourth-order valence-electron chi connectivity index (χ4n) is 3.65. The molecule has 0 saturated carbocycles. The maximum absolute atomic E-state index is 13.8. The molecule has 0 unspecified atom stereocenters. The van der Waals surface area contributed by atoms with Crippen LogP contribution in [0.1, 0.15) is 55.2 Å². The van der Waals surface area contributed by atoms with Crippen molar-refractivity contribution < 1.29 is 13.9 Å². The van der Waals surface area contributed by atoms with Crippen LogP contribution in [-0.4, -0.2) is 33.9 Å². The van der Waals surface area contributed by atoms with Gasteiger partial charge in [-0.2, -0.15) is 5.10 Å². The third-order valence-electron chi connectivity index (χ3n) is 4.97. The van der Waals surface area contributed by atoms with Crippen LogP contribution in [0.15, 0.2) is 18.2 Å². The first kappa shape index (κ1) is 16.2. The molecule has 0 bridgehead atoms. The fraction of sp³-hybridized carbons (Fsp3) is 0.500. The number of nitrogens with one attached hydrogen (secondary N) is 1. The molecule has 0 spiro atoms. The number of carbonyl (C=O) groups excluding carboxylic acids is 1. The van der Waals surface area contributed by atoms with Gasteiger partial charge in [-0.1, -0.05) is 0 Å². The first-order valence-electron chi connectivity index (χ1n) is 8.77. The van der Waals surface area contributed by atoms with Gasteiger partial charge in [0.1, 0.15) is 11.6 Å². The number of aryl methyl sites for hydroxylation is 1. The van der Waals surface area contributed by atoms with Crippen LogP contribution in [0.4, 0.5) is 10.1 Å². The molecule has 2 aliphatic heterocycles. The van der Waals surface area contributed by atoms with Gasteiger partial charge in [-0.15, -0.1) is 0 Å². The number of ether oxygens (including phenoxy) is 1. The minimum absolute atomic E-state index is 0.0811. The van der Waals surface area contributed by atoms with Crippen molar-refractivity contribution in [2.24, 2.45) is 0 Å². The monoisotopic (exact) mass is 344 g/mol. The van der Waals surface area contributed by atoms with Crippen LogP contribution < -0.4 is 5.32 Å². The number of aromatic nitrogens is 3. The van der Waals surface area contributed by atoms with E-state index in [0.29, 0.717) is 12.2 Å². The van der Waals surface area contributed by atoms with Crippen molar-refractivity contribution >= 4 is 11.6 Å². The number of benzene rings is 1. The minimum Gasteiger partial charge on any atom is -0.381 e. The molecule has 6 nitrogen and oxygen atoms in total. The summed E-state index contributed by atoms with van der Waals surface area (Å²) < 4.78 is 21.1. The molecule has 1 N–H and O–H groups in total. The second-order valence-corrected chi connectivity index (χ2v) is 6.57. The Labute approximate surface area is 145 Å². The number of hydrogen-bond donors (Lipinski definition) is 1. The van der Waals surface area contributed by atoms with Crippen molar-refractivity contribution in [2.45, 2.75) is 44.6 Å². The van der Waals surface area contributed by atoms with Gasteiger partial charge in [-0.3, -0.25) is 4.79 Å². The third kappa shape index (κ3) is 3.04. The van der Waals surface area contributed by atoms with E-state index < -0.39 is 0 Å². The summed E-state index contributed by atoms with van der Waals surface area (Å²) in [7, 11) is 0. The van der Waals surface area contributed by atoms with Crippen molar-refractivity contribution in [1.29, 1.82) is 0 Å². The van der Waals surface area contributed by atoms with Crippen LogP contribution in [0.2, 0.25) is 0 Å². The van der Waals surface area contributed by atoms with Crippen LogP contribution >= 0.6 is 0 Å². The van der Waals surface area contributed by atoms with Gasteiger partial charge in [0.2, 0.25) is 5.91 Å². The molecule has 2 aromatic rings. The molecule has 0 radical (unpaired) electrons. The average molecular weight is 344 g/mol.